The summed E-state index contributed by atoms with van der Waals surface area (Å²) >= 11 is 0. The molecule has 0 spiro atoms. The van der Waals surface area contributed by atoms with Gasteiger partial charge in [0.25, 0.3) is 5.69 Å². The van der Waals surface area contributed by atoms with Gasteiger partial charge in [-0.15, -0.1) is 0 Å². The number of hydrogen-bond donors (Lipinski definition) is 1. The van der Waals surface area contributed by atoms with Crippen molar-refractivity contribution in [1.82, 2.24) is 0 Å². The number of anilines is 1. The van der Waals surface area contributed by atoms with Gasteiger partial charge in [-0.2, -0.15) is 0 Å². The van der Waals surface area contributed by atoms with Gasteiger partial charge < -0.3 is 18.9 Å². The molecule has 180 valence electrons. The predicted molar refractivity (Wildman–Crippen MR) is 126 cm³/mol. The molecule has 2 aromatic carbocycles. The van der Waals surface area contributed by atoms with E-state index in [0.29, 0.717) is 12.2 Å². The lowest BCUT2D eigenvalue weighted by atomic mass is 10.1. The second-order valence-electron chi connectivity index (χ2n) is 9.13. The number of hydrogen-bond acceptors (Lipinski definition) is 7. The number of ether oxygens (including phenoxy) is 4. The van der Waals surface area contributed by atoms with E-state index in [9.17, 15) is 14.9 Å². The van der Waals surface area contributed by atoms with Gasteiger partial charge in [-0.1, -0.05) is 30.0 Å². The van der Waals surface area contributed by atoms with Crippen LogP contribution in [0.15, 0.2) is 42.5 Å². The Bertz CT molecular complexity index is 1110. The van der Waals surface area contributed by atoms with Gasteiger partial charge in [-0.05, 0) is 46.8 Å². The summed E-state index contributed by atoms with van der Waals surface area (Å²) in [5.41, 5.74) is -0.142. The summed E-state index contributed by atoms with van der Waals surface area (Å²) in [7, 11) is 0. The SMILES string of the molecule is CC(C)(C)OC(=O)Nc1cc(OCC2COC(C)(C)O2)c(C#Cc2ccccc2)cc1[N+](=O)[O-]. The van der Waals surface area contributed by atoms with Crippen LogP contribution in [0.25, 0.3) is 0 Å². The zero-order chi connectivity index (χ0) is 24.9. The van der Waals surface area contributed by atoms with E-state index >= 15 is 0 Å². The molecule has 0 aliphatic carbocycles. The molecule has 9 nitrogen and oxygen atoms in total. The largest absolute Gasteiger partial charge is 0.489 e. The molecule has 1 unspecified atom stereocenters. The fourth-order valence-corrected chi connectivity index (χ4v) is 3.14. The smallest absolute Gasteiger partial charge is 0.412 e. The first-order valence-corrected chi connectivity index (χ1v) is 10.8. The maximum absolute atomic E-state index is 12.3. The molecule has 1 saturated heterocycles. The first-order chi connectivity index (χ1) is 15.9. The van der Waals surface area contributed by atoms with Crippen molar-refractivity contribution in [2.45, 2.75) is 52.1 Å². The second-order valence-corrected chi connectivity index (χ2v) is 9.13. The molecule has 1 atom stereocenters. The molecule has 0 radical (unpaired) electrons. The minimum absolute atomic E-state index is 0.0663. The van der Waals surface area contributed by atoms with Crippen LogP contribution in [-0.2, 0) is 14.2 Å². The van der Waals surface area contributed by atoms with Gasteiger partial charge in [0.2, 0.25) is 0 Å². The molecule has 1 aliphatic rings. The monoisotopic (exact) mass is 468 g/mol. The Morgan fingerprint density at radius 1 is 1.24 bits per heavy atom. The van der Waals surface area contributed by atoms with Crippen molar-refractivity contribution < 1.29 is 28.7 Å². The number of nitro groups is 1. The summed E-state index contributed by atoms with van der Waals surface area (Å²) in [5, 5.41) is 14.2. The van der Waals surface area contributed by atoms with Gasteiger partial charge in [-0.25, -0.2) is 4.79 Å². The third-order valence-corrected chi connectivity index (χ3v) is 4.54. The van der Waals surface area contributed by atoms with Crippen LogP contribution >= 0.6 is 0 Å². The van der Waals surface area contributed by atoms with Crippen molar-refractivity contribution in [1.29, 1.82) is 0 Å². The molecule has 3 rings (SSSR count). The number of amides is 1. The number of nitrogens with one attached hydrogen (secondary N) is 1. The average molecular weight is 469 g/mol. The number of benzene rings is 2. The molecule has 1 amide bonds. The third-order valence-electron chi connectivity index (χ3n) is 4.54. The Labute approximate surface area is 198 Å². The van der Waals surface area contributed by atoms with Crippen LogP contribution in [0, 0.1) is 22.0 Å². The molecule has 0 aromatic heterocycles. The highest BCUT2D eigenvalue weighted by molar-refractivity contribution is 5.89. The van der Waals surface area contributed by atoms with E-state index in [2.05, 4.69) is 17.2 Å². The fraction of sp³-hybridized carbons (Fsp3) is 0.400. The zero-order valence-corrected chi connectivity index (χ0v) is 19.8. The lowest BCUT2D eigenvalue weighted by molar-refractivity contribution is -0.384. The molecular weight excluding hydrogens is 440 g/mol. The quantitative estimate of drug-likeness (QED) is 0.379. The maximum Gasteiger partial charge on any atom is 0.412 e. The van der Waals surface area contributed by atoms with Gasteiger partial charge in [0.05, 0.1) is 17.1 Å². The van der Waals surface area contributed by atoms with Crippen LogP contribution in [-0.4, -0.2) is 41.7 Å². The van der Waals surface area contributed by atoms with E-state index in [1.165, 1.54) is 12.1 Å². The first-order valence-electron chi connectivity index (χ1n) is 10.8. The highest BCUT2D eigenvalue weighted by Gasteiger charge is 2.33. The molecular formula is C25H28N2O7. The van der Waals surface area contributed by atoms with E-state index in [-0.39, 0.29) is 29.8 Å². The number of nitro benzene ring substituents is 1. The Morgan fingerprint density at radius 2 is 1.94 bits per heavy atom. The zero-order valence-electron chi connectivity index (χ0n) is 19.8. The summed E-state index contributed by atoms with van der Waals surface area (Å²) < 4.78 is 22.5. The van der Waals surface area contributed by atoms with Gasteiger partial charge in [-0.3, -0.25) is 15.4 Å². The summed E-state index contributed by atoms with van der Waals surface area (Å²) in [5.74, 6) is 5.46. The number of carbonyl (C=O) groups is 1. The van der Waals surface area contributed by atoms with E-state index in [0.717, 1.165) is 5.56 Å². The van der Waals surface area contributed by atoms with Crippen LogP contribution in [0.4, 0.5) is 16.2 Å². The average Bonchev–Trinajstić information content (AvgIpc) is 3.09. The van der Waals surface area contributed by atoms with Crippen molar-refractivity contribution in [3.05, 3.63) is 63.7 Å². The van der Waals surface area contributed by atoms with E-state index in [1.807, 2.05) is 30.3 Å². The highest BCUT2D eigenvalue weighted by atomic mass is 16.7. The summed E-state index contributed by atoms with van der Waals surface area (Å²) in [6, 6.07) is 11.9. The van der Waals surface area contributed by atoms with E-state index in [1.54, 1.807) is 34.6 Å². The van der Waals surface area contributed by atoms with Gasteiger partial charge in [0.1, 0.15) is 29.7 Å². The minimum Gasteiger partial charge on any atom is -0.489 e. The standard InChI is InChI=1S/C25H28N2O7/c1-24(2,3)34-23(28)26-20-14-22(31-15-19-16-32-25(4,5)33-19)18(13-21(20)27(29)30)12-11-17-9-7-6-8-10-17/h6-10,13-14,19H,15-16H2,1-5H3,(H,26,28). The third kappa shape index (κ3) is 7.20. The molecule has 34 heavy (non-hydrogen) atoms. The van der Waals surface area contributed by atoms with Crippen LogP contribution in [0.3, 0.4) is 0 Å². The normalized spacial score (nSPS) is 16.8. The number of carbonyl (C=O) groups excluding carboxylic acids is 1. The predicted octanol–water partition coefficient (Wildman–Crippen LogP) is 4.87. The van der Waals surface area contributed by atoms with Crippen LogP contribution in [0.5, 0.6) is 5.75 Å². The second kappa shape index (κ2) is 10.1. The van der Waals surface area contributed by atoms with E-state index in [4.69, 9.17) is 18.9 Å². The lowest BCUT2D eigenvalue weighted by Gasteiger charge is -2.20. The Morgan fingerprint density at radius 3 is 2.53 bits per heavy atom. The molecule has 1 N–H and O–H groups in total. The first kappa shape index (κ1) is 25.0. The van der Waals surface area contributed by atoms with Crippen LogP contribution in [0.2, 0.25) is 0 Å². The van der Waals surface area contributed by atoms with Crippen LogP contribution in [0.1, 0.15) is 45.7 Å². The van der Waals surface area contributed by atoms with Gasteiger partial charge in [0.15, 0.2) is 5.79 Å². The molecule has 9 heteroatoms. The van der Waals surface area contributed by atoms with Crippen molar-refractivity contribution in [2.24, 2.45) is 0 Å². The maximum atomic E-state index is 12.3. The Balaban J connectivity index is 1.95. The summed E-state index contributed by atoms with van der Waals surface area (Å²) in [4.78, 5) is 23.4. The van der Waals surface area contributed by atoms with Gasteiger partial charge in [0, 0.05) is 17.7 Å². The number of rotatable bonds is 5. The molecule has 0 bridgehead atoms. The van der Waals surface area contributed by atoms with Crippen molar-refractivity contribution >= 4 is 17.5 Å². The molecule has 1 heterocycles. The van der Waals surface area contributed by atoms with Crippen molar-refractivity contribution in [2.75, 3.05) is 18.5 Å². The van der Waals surface area contributed by atoms with E-state index < -0.39 is 22.4 Å². The van der Waals surface area contributed by atoms with Crippen LogP contribution < -0.4 is 10.1 Å². The highest BCUT2D eigenvalue weighted by Crippen LogP contribution is 2.34. The summed E-state index contributed by atoms with van der Waals surface area (Å²) in [6.45, 7) is 9.17. The fourth-order valence-electron chi connectivity index (χ4n) is 3.14. The molecule has 0 saturated carbocycles. The van der Waals surface area contributed by atoms with Gasteiger partial charge >= 0.3 is 6.09 Å². The molecule has 1 aliphatic heterocycles. The lowest BCUT2D eigenvalue weighted by Crippen LogP contribution is -2.27. The van der Waals surface area contributed by atoms with Crippen molar-refractivity contribution in [3.8, 4) is 17.6 Å². The topological polar surface area (TPSA) is 109 Å². The molecule has 2 aromatic rings. The van der Waals surface area contributed by atoms with Crippen molar-refractivity contribution in [3.63, 3.8) is 0 Å². The Kier molecular flexibility index (Phi) is 7.44. The minimum atomic E-state index is -0.820. The molecule has 1 fully saturated rings. The number of nitrogens with zero attached hydrogens (tertiary/aromatic N) is 1. The Hall–Kier alpha value is -3.61. The summed E-state index contributed by atoms with van der Waals surface area (Å²) in [6.07, 6.45) is -1.15.